The van der Waals surface area contributed by atoms with Crippen LogP contribution in [-0.4, -0.2) is 16.9 Å². The molecule has 0 bridgehead atoms. The summed E-state index contributed by atoms with van der Waals surface area (Å²) in [6, 6.07) is 0. The molecule has 1 unspecified atom stereocenters. The molecule has 1 atom stereocenters. The number of carbonyl (C=O) groups excluding carboxylic acids is 1. The zero-order valence-electron chi connectivity index (χ0n) is 6.27. The summed E-state index contributed by atoms with van der Waals surface area (Å²) in [5.74, 6) is -0.0534. The SMILES string of the molecule is CCC(=O)OCC1CC1(Cl)Cl. The summed E-state index contributed by atoms with van der Waals surface area (Å²) in [7, 11) is 0. The number of hydrogen-bond donors (Lipinski definition) is 0. The summed E-state index contributed by atoms with van der Waals surface area (Å²) in [4.78, 5) is 10.6. The molecule has 64 valence electrons. The quantitative estimate of drug-likeness (QED) is 0.511. The summed E-state index contributed by atoms with van der Waals surface area (Å²) in [5.41, 5.74) is 0. The Hall–Kier alpha value is 0.0500. The highest BCUT2D eigenvalue weighted by Crippen LogP contribution is 2.53. The fourth-order valence-electron chi connectivity index (χ4n) is 0.746. The Balaban J connectivity index is 2.11. The second-order valence-corrected chi connectivity index (χ2v) is 4.24. The summed E-state index contributed by atoms with van der Waals surface area (Å²) in [6.07, 6.45) is 1.14. The van der Waals surface area contributed by atoms with Crippen molar-refractivity contribution >= 4 is 29.2 Å². The Kier molecular flexibility index (Phi) is 2.66. The van der Waals surface area contributed by atoms with E-state index in [1.165, 1.54) is 0 Å². The van der Waals surface area contributed by atoms with Crippen LogP contribution in [0.25, 0.3) is 0 Å². The van der Waals surface area contributed by atoms with Gasteiger partial charge in [-0.3, -0.25) is 4.79 Å². The normalized spacial score (nSPS) is 26.3. The van der Waals surface area contributed by atoms with Crippen LogP contribution in [0.2, 0.25) is 0 Å². The third-order valence-corrected chi connectivity index (χ3v) is 2.62. The smallest absolute Gasteiger partial charge is 0.305 e. The molecular weight excluding hydrogens is 187 g/mol. The Labute approximate surface area is 75.8 Å². The van der Waals surface area contributed by atoms with E-state index in [0.717, 1.165) is 6.42 Å². The monoisotopic (exact) mass is 196 g/mol. The van der Waals surface area contributed by atoms with Crippen LogP contribution in [0, 0.1) is 5.92 Å². The van der Waals surface area contributed by atoms with E-state index in [9.17, 15) is 4.79 Å². The molecule has 1 saturated carbocycles. The molecule has 0 aromatic rings. The van der Waals surface area contributed by atoms with E-state index >= 15 is 0 Å². The lowest BCUT2D eigenvalue weighted by Gasteiger charge is -2.01. The highest BCUT2D eigenvalue weighted by molar-refractivity contribution is 6.50. The molecule has 0 N–H and O–H groups in total. The van der Waals surface area contributed by atoms with Gasteiger partial charge in [0.2, 0.25) is 0 Å². The van der Waals surface area contributed by atoms with Crippen molar-refractivity contribution in [3.05, 3.63) is 0 Å². The largest absolute Gasteiger partial charge is 0.465 e. The van der Waals surface area contributed by atoms with Crippen molar-refractivity contribution in [2.75, 3.05) is 6.61 Å². The number of esters is 1. The van der Waals surface area contributed by atoms with Crippen molar-refractivity contribution in [3.8, 4) is 0 Å². The minimum absolute atomic E-state index is 0.140. The summed E-state index contributed by atoms with van der Waals surface area (Å²) in [5, 5.41) is 0. The first-order valence-corrected chi connectivity index (χ1v) is 4.35. The molecule has 0 saturated heterocycles. The van der Waals surface area contributed by atoms with Crippen LogP contribution in [0.4, 0.5) is 0 Å². The third kappa shape index (κ3) is 2.53. The van der Waals surface area contributed by atoms with Crippen LogP contribution < -0.4 is 0 Å². The van der Waals surface area contributed by atoms with Crippen molar-refractivity contribution in [2.24, 2.45) is 5.92 Å². The fraction of sp³-hybridized carbons (Fsp3) is 0.857. The van der Waals surface area contributed by atoms with Crippen LogP contribution in [0.15, 0.2) is 0 Å². The second-order valence-electron chi connectivity index (χ2n) is 2.70. The lowest BCUT2D eigenvalue weighted by Crippen LogP contribution is -2.07. The zero-order valence-corrected chi connectivity index (χ0v) is 7.78. The van der Waals surface area contributed by atoms with E-state index < -0.39 is 4.33 Å². The van der Waals surface area contributed by atoms with Gasteiger partial charge in [0.15, 0.2) is 0 Å². The molecule has 1 fully saturated rings. The van der Waals surface area contributed by atoms with Gasteiger partial charge in [-0.25, -0.2) is 0 Å². The predicted molar refractivity (Wildman–Crippen MR) is 43.8 cm³/mol. The number of ether oxygens (including phenoxy) is 1. The van der Waals surface area contributed by atoms with Gasteiger partial charge in [0.25, 0.3) is 0 Å². The third-order valence-electron chi connectivity index (χ3n) is 1.69. The number of hydrogen-bond acceptors (Lipinski definition) is 2. The van der Waals surface area contributed by atoms with E-state index in [0.29, 0.717) is 13.0 Å². The fourth-order valence-corrected chi connectivity index (χ4v) is 1.24. The van der Waals surface area contributed by atoms with Gasteiger partial charge in [0.05, 0.1) is 6.61 Å². The molecule has 0 aromatic heterocycles. The first-order valence-electron chi connectivity index (χ1n) is 3.59. The Morgan fingerprint density at radius 2 is 2.27 bits per heavy atom. The maximum absolute atomic E-state index is 10.6. The maximum atomic E-state index is 10.6. The molecule has 0 spiro atoms. The van der Waals surface area contributed by atoms with Gasteiger partial charge < -0.3 is 4.74 Å². The van der Waals surface area contributed by atoms with Crippen molar-refractivity contribution in [3.63, 3.8) is 0 Å². The van der Waals surface area contributed by atoms with E-state index in [1.807, 2.05) is 0 Å². The van der Waals surface area contributed by atoms with Crippen LogP contribution in [0.1, 0.15) is 19.8 Å². The Morgan fingerprint density at radius 1 is 1.73 bits per heavy atom. The lowest BCUT2D eigenvalue weighted by molar-refractivity contribution is -0.143. The second kappa shape index (κ2) is 3.20. The van der Waals surface area contributed by atoms with Gasteiger partial charge in [-0.1, -0.05) is 6.92 Å². The van der Waals surface area contributed by atoms with E-state index in [4.69, 9.17) is 27.9 Å². The minimum atomic E-state index is -0.631. The van der Waals surface area contributed by atoms with Crippen molar-refractivity contribution < 1.29 is 9.53 Å². The van der Waals surface area contributed by atoms with E-state index in [2.05, 4.69) is 0 Å². The standard InChI is InChI=1S/C7H10Cl2O2/c1-2-6(10)11-4-5-3-7(5,8)9/h5H,2-4H2,1H3. The van der Waals surface area contributed by atoms with Crippen molar-refractivity contribution in [1.29, 1.82) is 0 Å². The molecule has 1 aliphatic rings. The van der Waals surface area contributed by atoms with Crippen LogP contribution >= 0.6 is 23.2 Å². The predicted octanol–water partition coefficient (Wildman–Crippen LogP) is 2.13. The Bertz CT molecular complexity index is 168. The zero-order chi connectivity index (χ0) is 8.48. The number of halogens is 2. The molecule has 1 rings (SSSR count). The van der Waals surface area contributed by atoms with Crippen molar-refractivity contribution in [1.82, 2.24) is 0 Å². The topological polar surface area (TPSA) is 26.3 Å². The minimum Gasteiger partial charge on any atom is -0.465 e. The first-order chi connectivity index (χ1) is 5.06. The molecule has 1 aliphatic carbocycles. The van der Waals surface area contributed by atoms with Crippen LogP contribution in [0.5, 0.6) is 0 Å². The molecule has 0 amide bonds. The van der Waals surface area contributed by atoms with Gasteiger partial charge >= 0.3 is 5.97 Å². The number of alkyl halides is 2. The number of rotatable bonds is 3. The van der Waals surface area contributed by atoms with Gasteiger partial charge in [-0.2, -0.15) is 0 Å². The molecule has 0 radical (unpaired) electrons. The first kappa shape index (κ1) is 9.14. The molecule has 0 aromatic carbocycles. The molecular formula is C7H10Cl2O2. The lowest BCUT2D eigenvalue weighted by atomic mass is 10.4. The summed E-state index contributed by atoms with van der Waals surface area (Å²) in [6.45, 7) is 2.11. The van der Waals surface area contributed by atoms with Gasteiger partial charge in [0.1, 0.15) is 4.33 Å². The summed E-state index contributed by atoms with van der Waals surface area (Å²) < 4.78 is 4.21. The number of carbonyl (C=O) groups is 1. The summed E-state index contributed by atoms with van der Waals surface area (Å²) >= 11 is 11.4. The molecule has 11 heavy (non-hydrogen) atoms. The van der Waals surface area contributed by atoms with Gasteiger partial charge in [-0.05, 0) is 6.42 Å². The average Bonchev–Trinajstić information content (AvgIpc) is 2.54. The average molecular weight is 197 g/mol. The van der Waals surface area contributed by atoms with Crippen LogP contribution in [-0.2, 0) is 9.53 Å². The molecule has 4 heteroatoms. The Morgan fingerprint density at radius 3 is 2.64 bits per heavy atom. The molecule has 0 heterocycles. The van der Waals surface area contributed by atoms with Gasteiger partial charge in [-0.15, -0.1) is 23.2 Å². The maximum Gasteiger partial charge on any atom is 0.305 e. The molecule has 2 nitrogen and oxygen atoms in total. The highest BCUT2D eigenvalue weighted by atomic mass is 35.5. The van der Waals surface area contributed by atoms with E-state index in [-0.39, 0.29) is 11.9 Å². The van der Waals surface area contributed by atoms with E-state index in [1.54, 1.807) is 6.92 Å². The molecule has 0 aliphatic heterocycles. The van der Waals surface area contributed by atoms with Crippen LogP contribution in [0.3, 0.4) is 0 Å². The van der Waals surface area contributed by atoms with Crippen molar-refractivity contribution in [2.45, 2.75) is 24.1 Å². The highest BCUT2D eigenvalue weighted by Gasteiger charge is 2.52. The van der Waals surface area contributed by atoms with Gasteiger partial charge in [0, 0.05) is 12.3 Å².